The summed E-state index contributed by atoms with van der Waals surface area (Å²) in [5, 5.41) is 67.1. The number of imidazole rings is 2. The summed E-state index contributed by atoms with van der Waals surface area (Å²) in [6.45, 7) is 20.2. The molecule has 0 aliphatic carbocycles. The van der Waals surface area contributed by atoms with Crippen molar-refractivity contribution < 1.29 is 94.7 Å². The number of rotatable bonds is 49. The molecule has 0 saturated carbocycles. The number of nitrogens with one attached hydrogen (secondary N) is 14. The number of nitrogens with two attached hydrogens (primary N) is 1. The van der Waals surface area contributed by atoms with Crippen molar-refractivity contribution in [3.8, 4) is 11.5 Å². The number of hydrogen-bond acceptors (Lipinski definition) is 29. The first-order valence-corrected chi connectivity index (χ1v) is 48.5. The maximum atomic E-state index is 13.7. The van der Waals surface area contributed by atoms with Crippen LogP contribution in [0.4, 0.5) is 11.9 Å². The van der Waals surface area contributed by atoms with E-state index in [9.17, 15) is 94.8 Å². The Morgan fingerprint density at radius 2 is 0.899 bits per heavy atom. The monoisotopic (exact) mass is 1960 g/mol. The Kier molecular flexibility index (Phi) is 43.0. The number of carbonyl (C=O) groups is 10. The van der Waals surface area contributed by atoms with E-state index in [0.717, 1.165) is 43.9 Å². The van der Waals surface area contributed by atoms with Gasteiger partial charge in [-0.05, 0) is 155 Å². The van der Waals surface area contributed by atoms with Gasteiger partial charge >= 0.3 is 11.9 Å². The van der Waals surface area contributed by atoms with Crippen LogP contribution in [-0.4, -0.2) is 313 Å². The fourth-order valence-electron chi connectivity index (χ4n) is 15.1. The fourth-order valence-corrected chi connectivity index (χ4v) is 18.4. The molecule has 8 aromatic rings. The van der Waals surface area contributed by atoms with Crippen molar-refractivity contribution in [1.82, 2.24) is 101 Å². The summed E-state index contributed by atoms with van der Waals surface area (Å²) < 4.78 is 73.4. The summed E-state index contributed by atoms with van der Waals surface area (Å²) in [7, 11) is -3.56. The van der Waals surface area contributed by atoms with Crippen LogP contribution in [-0.2, 0) is 85.6 Å². The first-order valence-electron chi connectivity index (χ1n) is 45.5. The van der Waals surface area contributed by atoms with Crippen LogP contribution in [0.1, 0.15) is 127 Å². The fraction of sp³-hybridized carbons (Fsp3) is 0.495. The zero-order valence-electron chi connectivity index (χ0n) is 79.6. The Labute approximate surface area is 800 Å². The number of fused-ring (bicyclic) bond motifs is 2. The number of sulfonamides is 2. The van der Waals surface area contributed by atoms with E-state index < -0.39 is 116 Å². The number of carboxylic acid groups (broad SMARTS) is 2. The number of aromatic amines is 2. The predicted molar refractivity (Wildman–Crippen MR) is 515 cm³/mol. The van der Waals surface area contributed by atoms with Crippen LogP contribution >= 0.6 is 0 Å². The lowest BCUT2D eigenvalue weighted by molar-refractivity contribution is -0.139. The van der Waals surface area contributed by atoms with Crippen LogP contribution in [0.15, 0.2) is 117 Å². The van der Waals surface area contributed by atoms with Crippen LogP contribution in [0.5, 0.6) is 11.5 Å². The highest BCUT2D eigenvalue weighted by Crippen LogP contribution is 2.29. The van der Waals surface area contributed by atoms with Crippen LogP contribution in [0.2, 0.25) is 0 Å². The molecule has 754 valence electrons. The second-order valence-electron chi connectivity index (χ2n) is 33.5. The van der Waals surface area contributed by atoms with Gasteiger partial charge in [-0.15, -0.1) is 0 Å². The molecule has 4 aromatic heterocycles. The molecule has 0 radical (unpaired) electrons. The van der Waals surface area contributed by atoms with Gasteiger partial charge in [0.25, 0.3) is 11.8 Å². The quantitative estimate of drug-likeness (QED) is 0.0173. The molecule has 4 aromatic carbocycles. The normalized spacial score (nSPS) is 14.3. The number of anilines is 2. The maximum Gasteiger partial charge on any atom is 0.323 e. The van der Waals surface area contributed by atoms with Gasteiger partial charge in [-0.25, -0.2) is 26.8 Å². The smallest absolute Gasteiger partial charge is 0.323 e. The lowest BCUT2D eigenvalue weighted by Gasteiger charge is -2.33. The number of H-pyrrole nitrogens is 2. The average molecular weight is 1960 g/mol. The minimum absolute atomic E-state index is 0.0251. The van der Waals surface area contributed by atoms with E-state index in [1.54, 1.807) is 105 Å². The van der Waals surface area contributed by atoms with Gasteiger partial charge in [-0.1, -0.05) is 39.8 Å². The van der Waals surface area contributed by atoms with Crippen LogP contribution in [0.3, 0.4) is 0 Å². The molecule has 5 unspecified atom stereocenters. The van der Waals surface area contributed by atoms with Gasteiger partial charge in [-0.2, -0.15) is 9.44 Å². The van der Waals surface area contributed by atoms with Crippen LogP contribution in [0, 0.1) is 27.7 Å². The van der Waals surface area contributed by atoms with Crippen LogP contribution in [0.25, 0.3) is 21.8 Å². The number of amides is 8. The van der Waals surface area contributed by atoms with Crippen molar-refractivity contribution in [2.75, 3.05) is 142 Å². The molecular formula is C91H131N23O22S2. The minimum Gasteiger partial charge on any atom is -0.494 e. The van der Waals surface area contributed by atoms with Gasteiger partial charge in [0, 0.05) is 186 Å². The molecule has 1 fully saturated rings. The third-order valence-electron chi connectivity index (χ3n) is 22.7. The predicted octanol–water partition coefficient (Wildman–Crippen LogP) is -0.204. The summed E-state index contributed by atoms with van der Waals surface area (Å²) in [5.41, 5.74) is 7.80. The SMILES string of the molecule is CCC(N)C(=O)NCCNC(=O)CCCOc1cc(C)c(S(=O)(=O)NC(CNC(=O)c2cn(C)c3cc(CNc4ncc[nH]4)ccc3c2=O)C(=O)O)c(C)c1.CCC(NC(=O)CN1CCN(CC)CCN(C)CCN(CC(O)O)CC1)C(=O)NC(CC)C(=O)NCCNC(=O)CCCOc1cc(C)c(S(=O)(=O)NC(CNC(=O)c2cn(C)c3cc(CNc4ncc[nH]4)ccc3c2=O)C(=O)O)c(C)c1. The summed E-state index contributed by atoms with van der Waals surface area (Å²) in [4.78, 5) is 176. The zero-order chi connectivity index (χ0) is 101. The number of aliphatic hydroxyl groups excluding tert-OH is 1. The minimum atomic E-state index is -4.49. The summed E-state index contributed by atoms with van der Waals surface area (Å²) in [5.74, 6) is -5.22. The molecule has 45 nitrogen and oxygen atoms in total. The summed E-state index contributed by atoms with van der Waals surface area (Å²) in [6, 6.07) is 10.2. The Morgan fingerprint density at radius 3 is 1.30 bits per heavy atom. The number of benzene rings is 4. The van der Waals surface area contributed by atoms with E-state index in [0.29, 0.717) is 86.5 Å². The van der Waals surface area contributed by atoms with Crippen molar-refractivity contribution in [3.05, 3.63) is 163 Å². The van der Waals surface area contributed by atoms with Gasteiger partial charge in [-0.3, -0.25) is 67.3 Å². The first-order chi connectivity index (χ1) is 65.6. The molecule has 138 heavy (non-hydrogen) atoms. The zero-order valence-corrected chi connectivity index (χ0v) is 81.2. The molecule has 47 heteroatoms. The molecule has 1 aliphatic rings. The van der Waals surface area contributed by atoms with Crippen molar-refractivity contribution in [2.24, 2.45) is 19.8 Å². The van der Waals surface area contributed by atoms with Gasteiger partial charge in [0.15, 0.2) is 18.2 Å². The van der Waals surface area contributed by atoms with Crippen molar-refractivity contribution >= 4 is 113 Å². The molecule has 0 bridgehead atoms. The van der Waals surface area contributed by atoms with E-state index in [-0.39, 0.29) is 162 Å². The van der Waals surface area contributed by atoms with Crippen molar-refractivity contribution in [1.29, 1.82) is 0 Å². The third-order valence-corrected chi connectivity index (χ3v) is 26.3. The number of β-amino-alcohol motifs (C(OH)–C–C–N with tert-alkyl or cyclic N) is 2. The Morgan fingerprint density at radius 1 is 0.493 bits per heavy atom. The van der Waals surface area contributed by atoms with E-state index in [4.69, 9.17) is 15.2 Å². The number of aliphatic carboxylic acids is 2. The topological polar surface area (TPSA) is 623 Å². The van der Waals surface area contributed by atoms with E-state index in [1.165, 1.54) is 64.4 Å². The van der Waals surface area contributed by atoms with Gasteiger partial charge in [0.1, 0.15) is 46.8 Å². The number of aliphatic hydroxyl groups is 2. The molecule has 1 saturated heterocycles. The van der Waals surface area contributed by atoms with E-state index >= 15 is 0 Å². The number of ether oxygens (including phenoxy) is 2. The summed E-state index contributed by atoms with van der Waals surface area (Å²) >= 11 is 0. The van der Waals surface area contributed by atoms with Crippen molar-refractivity contribution in [3.63, 3.8) is 0 Å². The molecule has 5 heterocycles. The van der Waals surface area contributed by atoms with E-state index in [1.807, 2.05) is 16.8 Å². The number of carboxylic acids is 2. The molecule has 0 spiro atoms. The number of nitrogens with zero attached hydrogens (tertiary/aromatic N) is 8. The molecular weight excluding hydrogens is 1830 g/mol. The Bertz CT molecular complexity index is 5840. The lowest BCUT2D eigenvalue weighted by Crippen LogP contribution is -2.55. The highest BCUT2D eigenvalue weighted by atomic mass is 32.2. The third kappa shape index (κ3) is 33.8. The molecule has 8 amide bonds. The van der Waals surface area contributed by atoms with Gasteiger partial charge in [0.05, 0.1) is 46.6 Å². The standard InChI is InChI=1S/C55H84N14O13S.C36H47N9O9S/c1-8-42(63-53(77)43(9-2)62-47(71)34-68-24-23-67(10-3)21-19-65(6)20-22-69(26-25-68)35-48(72)73)52(76)57-16-15-56-46(70)12-11-27-82-39-28-36(4)50(37(5)29-39)83(80,81)64-44(54(78)79)32-60-51(75)41-33-66(7)45-30-38(13-14-40(45)49(41)74)31-61-55-58-17-18-59-55;1-5-27(37)34(49)39-11-10-38-30(46)7-6-14-54-24-15-21(2)32(22(3)16-24)55(52,53)44-28(35(50)51)19-42-33(48)26-20-45(4)29-17-23(8-9-25(29)31(26)47)18-43-36-40-12-13-41-36/h13-14,17-18,28-30,33,42-44,48,64,72-73H,8-12,15-16,19-27,31-32,34-35H2,1-7H3,(H,56,70)(H,57,76)(H,60,75)(H,62,71)(H,63,77)(H,78,79)(H2,58,59,61);8-9,12-13,15-17,20,27-28,44H,5-7,10-11,14,18-19,37H2,1-4H3,(H,38,46)(H,39,49)(H,42,48)(H,50,51)(H2,40,41,43). The number of pyridine rings is 2. The number of hydrogen-bond donors (Lipinski definition) is 19. The van der Waals surface area contributed by atoms with Gasteiger partial charge < -0.3 is 118 Å². The second-order valence-corrected chi connectivity index (χ2v) is 36.8. The molecule has 20 N–H and O–H groups in total. The highest BCUT2D eigenvalue weighted by molar-refractivity contribution is 7.90. The van der Waals surface area contributed by atoms with Crippen molar-refractivity contribution in [2.45, 2.75) is 160 Å². The Balaban J connectivity index is 0.000000367. The first kappa shape index (κ1) is 110. The molecule has 5 atom stereocenters. The number of aromatic nitrogens is 6. The van der Waals surface area contributed by atoms with E-state index in [2.05, 4.69) is 99.3 Å². The highest BCUT2D eigenvalue weighted by Gasteiger charge is 2.34. The largest absolute Gasteiger partial charge is 0.494 e. The molecule has 9 rings (SSSR count). The lowest BCUT2D eigenvalue weighted by atomic mass is 10.1. The number of aryl methyl sites for hydroxylation is 6. The average Bonchev–Trinajstić information content (AvgIpc) is 0.987. The Hall–Kier alpha value is -12.8. The van der Waals surface area contributed by atoms with Gasteiger partial charge in [0.2, 0.25) is 66.3 Å². The maximum absolute atomic E-state index is 13.7. The number of carbonyl (C=O) groups excluding carboxylic acids is 8. The summed E-state index contributed by atoms with van der Waals surface area (Å²) in [6.07, 6.45) is 9.66. The second kappa shape index (κ2) is 53.8. The number of likely N-dealkylation sites (N-methyl/N-ethyl adjacent to an activating group) is 2. The van der Waals surface area contributed by atoms with Crippen LogP contribution < -0.4 is 88.7 Å². The molecule has 1 aliphatic heterocycles.